The minimum atomic E-state index is -4.19. The van der Waals surface area contributed by atoms with Crippen molar-refractivity contribution in [3.8, 4) is 0 Å². The zero-order valence-corrected chi connectivity index (χ0v) is 11.0. The number of benzene rings is 1. The van der Waals surface area contributed by atoms with Gasteiger partial charge >= 0.3 is 5.97 Å². The Morgan fingerprint density at radius 3 is 2.75 bits per heavy atom. The number of sulfonamides is 1. The van der Waals surface area contributed by atoms with E-state index in [1.807, 2.05) is 0 Å². The van der Waals surface area contributed by atoms with E-state index in [9.17, 15) is 17.6 Å². The molecule has 2 rings (SSSR count). The molecule has 1 aromatic carbocycles. The van der Waals surface area contributed by atoms with Crippen molar-refractivity contribution in [1.29, 1.82) is 0 Å². The number of hydrogen-bond donors (Lipinski definition) is 3. The highest BCUT2D eigenvalue weighted by Crippen LogP contribution is 2.19. The molecule has 0 amide bonds. The molecule has 0 spiro atoms. The van der Waals surface area contributed by atoms with E-state index in [2.05, 4.69) is 14.9 Å². The summed E-state index contributed by atoms with van der Waals surface area (Å²) in [5.74, 6) is -2.01. The highest BCUT2D eigenvalue weighted by Gasteiger charge is 2.25. The van der Waals surface area contributed by atoms with E-state index < -0.39 is 32.4 Å². The van der Waals surface area contributed by atoms with Gasteiger partial charge in [0.05, 0.1) is 11.9 Å². The maximum absolute atomic E-state index is 13.4. The van der Waals surface area contributed by atoms with Crippen LogP contribution >= 0.6 is 0 Å². The van der Waals surface area contributed by atoms with Crippen molar-refractivity contribution in [3.05, 3.63) is 41.3 Å². The number of aryl methyl sites for hydroxylation is 1. The first-order valence-electron chi connectivity index (χ1n) is 5.37. The second kappa shape index (κ2) is 4.93. The Labute approximate surface area is 113 Å². The van der Waals surface area contributed by atoms with Crippen molar-refractivity contribution >= 4 is 21.7 Å². The van der Waals surface area contributed by atoms with Crippen LogP contribution in [0.5, 0.6) is 0 Å². The monoisotopic (exact) mass is 299 g/mol. The Kier molecular flexibility index (Phi) is 3.45. The lowest BCUT2D eigenvalue weighted by Crippen LogP contribution is -2.16. The van der Waals surface area contributed by atoms with Crippen molar-refractivity contribution in [2.75, 3.05) is 4.72 Å². The lowest BCUT2D eigenvalue weighted by atomic mass is 10.2. The fraction of sp³-hybridized carbons (Fsp3) is 0.0909. The molecule has 1 aromatic heterocycles. The van der Waals surface area contributed by atoms with E-state index in [1.165, 1.54) is 19.1 Å². The summed E-state index contributed by atoms with van der Waals surface area (Å²) in [6.45, 7) is 1.53. The maximum atomic E-state index is 13.4. The number of rotatable bonds is 4. The summed E-state index contributed by atoms with van der Waals surface area (Å²) in [5, 5.41) is 13.7. The van der Waals surface area contributed by atoms with Crippen molar-refractivity contribution in [2.45, 2.75) is 11.9 Å². The summed E-state index contributed by atoms with van der Waals surface area (Å²) in [4.78, 5) is 10.9. The molecule has 2 aromatic rings. The van der Waals surface area contributed by atoms with Crippen LogP contribution in [0.4, 0.5) is 10.1 Å². The first kappa shape index (κ1) is 14.0. The molecule has 0 aliphatic rings. The molecule has 0 saturated heterocycles. The first-order valence-corrected chi connectivity index (χ1v) is 6.85. The number of carboxylic acid groups (broad SMARTS) is 1. The van der Waals surface area contributed by atoms with Crippen LogP contribution in [0, 0.1) is 12.7 Å². The van der Waals surface area contributed by atoms with E-state index >= 15 is 0 Å². The lowest BCUT2D eigenvalue weighted by molar-refractivity contribution is 0.0692. The molecule has 0 aliphatic carbocycles. The topological polar surface area (TPSA) is 112 Å². The Morgan fingerprint density at radius 1 is 1.45 bits per heavy atom. The van der Waals surface area contributed by atoms with Crippen LogP contribution in [-0.2, 0) is 10.0 Å². The van der Waals surface area contributed by atoms with Crippen LogP contribution in [0.2, 0.25) is 0 Å². The minimum absolute atomic E-state index is 0.0148. The van der Waals surface area contributed by atoms with Gasteiger partial charge in [0.2, 0.25) is 0 Å². The molecule has 0 saturated carbocycles. The fourth-order valence-corrected chi connectivity index (χ4v) is 2.64. The predicted molar refractivity (Wildman–Crippen MR) is 67.5 cm³/mol. The second-order valence-corrected chi connectivity index (χ2v) is 5.61. The van der Waals surface area contributed by atoms with Gasteiger partial charge in [0.15, 0.2) is 5.03 Å². The third-order valence-electron chi connectivity index (χ3n) is 2.53. The van der Waals surface area contributed by atoms with Gasteiger partial charge in [0, 0.05) is 0 Å². The Morgan fingerprint density at radius 2 is 2.15 bits per heavy atom. The van der Waals surface area contributed by atoms with Crippen LogP contribution < -0.4 is 4.72 Å². The second-order valence-electron chi connectivity index (χ2n) is 3.99. The zero-order valence-electron chi connectivity index (χ0n) is 10.2. The van der Waals surface area contributed by atoms with Crippen LogP contribution in [0.15, 0.2) is 29.4 Å². The third kappa shape index (κ3) is 2.62. The van der Waals surface area contributed by atoms with Crippen molar-refractivity contribution < 1.29 is 22.7 Å². The SMILES string of the molecule is Cc1ccc(NS(=O)(=O)c2[nH]ncc2C(=O)O)cc1F. The molecule has 0 radical (unpaired) electrons. The third-order valence-corrected chi connectivity index (χ3v) is 3.88. The van der Waals surface area contributed by atoms with E-state index in [1.54, 1.807) is 0 Å². The van der Waals surface area contributed by atoms with E-state index in [4.69, 9.17) is 5.11 Å². The lowest BCUT2D eigenvalue weighted by Gasteiger charge is -2.08. The Hall–Kier alpha value is -2.42. The smallest absolute Gasteiger partial charge is 0.340 e. The Balaban J connectivity index is 2.38. The van der Waals surface area contributed by atoms with Crippen LogP contribution in [0.3, 0.4) is 0 Å². The highest BCUT2D eigenvalue weighted by molar-refractivity contribution is 7.92. The van der Waals surface area contributed by atoms with Gasteiger partial charge in [-0.1, -0.05) is 6.07 Å². The van der Waals surface area contributed by atoms with Crippen LogP contribution in [0.25, 0.3) is 0 Å². The summed E-state index contributed by atoms with van der Waals surface area (Å²) in [7, 11) is -4.19. The number of aromatic nitrogens is 2. The predicted octanol–water partition coefficient (Wildman–Crippen LogP) is 1.36. The van der Waals surface area contributed by atoms with Gasteiger partial charge < -0.3 is 5.11 Å². The van der Waals surface area contributed by atoms with E-state index in [-0.39, 0.29) is 5.69 Å². The molecule has 0 fully saturated rings. The van der Waals surface area contributed by atoms with E-state index in [0.717, 1.165) is 12.3 Å². The van der Waals surface area contributed by atoms with Crippen molar-refractivity contribution in [3.63, 3.8) is 0 Å². The average Bonchev–Trinajstić information content (AvgIpc) is 2.83. The summed E-state index contributed by atoms with van der Waals surface area (Å²) in [6, 6.07) is 3.77. The number of aromatic carboxylic acids is 1. The van der Waals surface area contributed by atoms with Gasteiger partial charge in [-0.05, 0) is 24.6 Å². The number of carboxylic acids is 1. The molecular weight excluding hydrogens is 289 g/mol. The molecule has 0 unspecified atom stereocenters. The summed E-state index contributed by atoms with van der Waals surface area (Å²) in [5.41, 5.74) is -0.148. The molecule has 9 heteroatoms. The quantitative estimate of drug-likeness (QED) is 0.789. The van der Waals surface area contributed by atoms with Gasteiger partial charge in [-0.15, -0.1) is 0 Å². The summed E-state index contributed by atoms with van der Waals surface area (Å²) < 4.78 is 39.5. The number of halogens is 1. The molecule has 106 valence electrons. The van der Waals surface area contributed by atoms with Gasteiger partial charge in [-0.25, -0.2) is 9.18 Å². The van der Waals surface area contributed by atoms with Gasteiger partial charge in [-0.2, -0.15) is 13.5 Å². The van der Waals surface area contributed by atoms with E-state index in [0.29, 0.717) is 5.56 Å². The highest BCUT2D eigenvalue weighted by atomic mass is 32.2. The molecule has 20 heavy (non-hydrogen) atoms. The maximum Gasteiger partial charge on any atom is 0.340 e. The normalized spacial score (nSPS) is 11.3. The number of H-pyrrole nitrogens is 1. The van der Waals surface area contributed by atoms with Crippen LogP contribution in [-0.4, -0.2) is 29.7 Å². The number of hydrogen-bond acceptors (Lipinski definition) is 4. The minimum Gasteiger partial charge on any atom is -0.478 e. The standard InChI is InChI=1S/C11H10FN3O4S/c1-6-2-3-7(4-9(6)12)15-20(18,19)10-8(11(16)17)5-13-14-10/h2-5,15H,1H3,(H,13,14)(H,16,17). The molecule has 7 nitrogen and oxygen atoms in total. The van der Waals surface area contributed by atoms with Crippen molar-refractivity contribution in [2.24, 2.45) is 0 Å². The van der Waals surface area contributed by atoms with Crippen molar-refractivity contribution in [1.82, 2.24) is 10.2 Å². The fourth-order valence-electron chi connectivity index (χ4n) is 1.49. The first-order chi connectivity index (χ1) is 9.31. The zero-order chi connectivity index (χ0) is 14.9. The molecule has 0 aliphatic heterocycles. The average molecular weight is 299 g/mol. The van der Waals surface area contributed by atoms with Gasteiger partial charge in [0.1, 0.15) is 11.4 Å². The number of aromatic amines is 1. The van der Waals surface area contributed by atoms with Crippen LogP contribution in [0.1, 0.15) is 15.9 Å². The molecular formula is C11H10FN3O4S. The van der Waals surface area contributed by atoms with Gasteiger partial charge in [-0.3, -0.25) is 9.82 Å². The summed E-state index contributed by atoms with van der Waals surface area (Å²) in [6.07, 6.45) is 0.882. The number of carbonyl (C=O) groups is 1. The molecule has 3 N–H and O–H groups in total. The Bertz CT molecular complexity index is 770. The number of nitrogens with one attached hydrogen (secondary N) is 2. The molecule has 1 heterocycles. The molecule has 0 bridgehead atoms. The molecule has 0 atom stereocenters. The number of anilines is 1. The number of nitrogens with zero attached hydrogens (tertiary/aromatic N) is 1. The van der Waals surface area contributed by atoms with Gasteiger partial charge in [0.25, 0.3) is 10.0 Å². The largest absolute Gasteiger partial charge is 0.478 e. The summed E-state index contributed by atoms with van der Waals surface area (Å²) >= 11 is 0.